The van der Waals surface area contributed by atoms with Gasteiger partial charge < -0.3 is 10.1 Å². The molecule has 2 aromatic carbocycles. The van der Waals surface area contributed by atoms with E-state index in [0.717, 1.165) is 39.8 Å². The van der Waals surface area contributed by atoms with E-state index in [4.69, 9.17) is 4.74 Å². The van der Waals surface area contributed by atoms with Crippen LogP contribution in [0.3, 0.4) is 0 Å². The molecule has 0 atom stereocenters. The van der Waals surface area contributed by atoms with Gasteiger partial charge in [-0.3, -0.25) is 19.3 Å². The second-order valence-corrected chi connectivity index (χ2v) is 7.45. The van der Waals surface area contributed by atoms with E-state index < -0.39 is 16.4 Å². The number of aromatic nitrogens is 2. The summed E-state index contributed by atoms with van der Waals surface area (Å²) in [4.78, 5) is 27.8. The number of imidazole rings is 1. The Labute approximate surface area is 180 Å². The number of fused-ring (bicyclic) bond motifs is 1. The number of carbonyl (C=O) groups excluding carboxylic acids is 1. The van der Waals surface area contributed by atoms with Crippen LogP contribution in [0.5, 0.6) is 5.75 Å². The first-order valence-electron chi connectivity index (χ1n) is 9.37. The Morgan fingerprint density at radius 2 is 2.06 bits per heavy atom. The summed E-state index contributed by atoms with van der Waals surface area (Å²) >= 11 is 1.41. The van der Waals surface area contributed by atoms with E-state index in [0.29, 0.717) is 6.61 Å². The Kier molecular flexibility index (Phi) is 5.63. The number of halogens is 1. The van der Waals surface area contributed by atoms with Crippen molar-refractivity contribution in [3.63, 3.8) is 0 Å². The standard InChI is InChI=1S/C21H17FN4O4S/c1-2-30-16-6-3-13(4-7-16)18-11-25-15(12-31-21(25)24-18)10-20(27)23-14-5-8-17(22)19(9-14)26(28)29/h3-9,11-12H,2,10H2,1H3,(H,23,27). The van der Waals surface area contributed by atoms with E-state index in [-0.39, 0.29) is 18.0 Å². The second-order valence-electron chi connectivity index (χ2n) is 6.61. The van der Waals surface area contributed by atoms with Gasteiger partial charge in [-0.1, -0.05) is 0 Å². The van der Waals surface area contributed by atoms with Gasteiger partial charge >= 0.3 is 5.69 Å². The van der Waals surface area contributed by atoms with Gasteiger partial charge in [0.05, 0.1) is 23.6 Å². The number of rotatable bonds is 7. The molecule has 0 fully saturated rings. The lowest BCUT2D eigenvalue weighted by atomic mass is 10.1. The van der Waals surface area contributed by atoms with E-state index in [1.165, 1.54) is 17.4 Å². The average molecular weight is 440 g/mol. The lowest BCUT2D eigenvalue weighted by Gasteiger charge is -2.05. The number of benzene rings is 2. The molecule has 4 rings (SSSR count). The number of nitro groups is 1. The first-order valence-corrected chi connectivity index (χ1v) is 10.2. The van der Waals surface area contributed by atoms with E-state index in [1.54, 1.807) is 0 Å². The first-order chi connectivity index (χ1) is 14.9. The molecular weight excluding hydrogens is 423 g/mol. The van der Waals surface area contributed by atoms with Crippen molar-refractivity contribution >= 4 is 33.6 Å². The molecule has 1 N–H and O–H groups in total. The van der Waals surface area contributed by atoms with Gasteiger partial charge in [0.2, 0.25) is 11.7 Å². The molecule has 31 heavy (non-hydrogen) atoms. The first kappa shape index (κ1) is 20.5. The SMILES string of the molecule is CCOc1ccc(-c2cn3c(CC(=O)Nc4ccc(F)c([N+](=O)[O-])c4)csc3n2)cc1. The van der Waals surface area contributed by atoms with Gasteiger partial charge in [0.1, 0.15) is 5.75 Å². The average Bonchev–Trinajstić information content (AvgIpc) is 3.32. The Bertz CT molecular complexity index is 1270. The number of nitrogens with one attached hydrogen (secondary N) is 1. The lowest BCUT2D eigenvalue weighted by molar-refractivity contribution is -0.387. The van der Waals surface area contributed by atoms with Gasteiger partial charge in [0, 0.05) is 34.6 Å². The molecule has 0 saturated heterocycles. The van der Waals surface area contributed by atoms with Gasteiger partial charge in [0.15, 0.2) is 4.96 Å². The summed E-state index contributed by atoms with van der Waals surface area (Å²) in [5, 5.41) is 15.3. The summed E-state index contributed by atoms with van der Waals surface area (Å²) < 4.78 is 20.8. The molecular formula is C21H17FN4O4S. The maximum absolute atomic E-state index is 13.5. The highest BCUT2D eigenvalue weighted by Crippen LogP contribution is 2.26. The third-order valence-electron chi connectivity index (χ3n) is 4.51. The van der Waals surface area contributed by atoms with Crippen molar-refractivity contribution in [2.45, 2.75) is 13.3 Å². The van der Waals surface area contributed by atoms with E-state index in [9.17, 15) is 19.3 Å². The molecule has 0 spiro atoms. The topological polar surface area (TPSA) is 98.8 Å². The van der Waals surface area contributed by atoms with Crippen LogP contribution in [-0.2, 0) is 11.2 Å². The predicted molar refractivity (Wildman–Crippen MR) is 115 cm³/mol. The number of nitro benzene ring substituents is 1. The number of hydrogen-bond acceptors (Lipinski definition) is 6. The highest BCUT2D eigenvalue weighted by molar-refractivity contribution is 7.15. The zero-order chi connectivity index (χ0) is 22.0. The van der Waals surface area contributed by atoms with Crippen LogP contribution in [0.15, 0.2) is 54.0 Å². The lowest BCUT2D eigenvalue weighted by Crippen LogP contribution is -2.15. The normalized spacial score (nSPS) is 10.9. The second kappa shape index (κ2) is 8.52. The van der Waals surface area contributed by atoms with Crippen molar-refractivity contribution in [1.29, 1.82) is 0 Å². The molecule has 1 amide bonds. The highest BCUT2D eigenvalue weighted by Gasteiger charge is 2.17. The summed E-state index contributed by atoms with van der Waals surface area (Å²) in [6.45, 7) is 2.52. The molecule has 2 heterocycles. The monoisotopic (exact) mass is 440 g/mol. The largest absolute Gasteiger partial charge is 0.494 e. The van der Waals surface area contributed by atoms with Gasteiger partial charge in [0.25, 0.3) is 0 Å². The number of nitrogens with zero attached hydrogens (tertiary/aromatic N) is 3. The molecule has 4 aromatic rings. The molecule has 0 unspecified atom stereocenters. The van der Waals surface area contributed by atoms with Crippen LogP contribution in [0.2, 0.25) is 0 Å². The van der Waals surface area contributed by atoms with Crippen LogP contribution < -0.4 is 10.1 Å². The molecule has 0 aliphatic heterocycles. The Morgan fingerprint density at radius 1 is 1.29 bits per heavy atom. The molecule has 2 aromatic heterocycles. The minimum absolute atomic E-state index is 0.0320. The van der Waals surface area contributed by atoms with Crippen molar-refractivity contribution < 1.29 is 18.8 Å². The molecule has 0 saturated carbocycles. The van der Waals surface area contributed by atoms with Crippen molar-refractivity contribution in [3.8, 4) is 17.0 Å². The van der Waals surface area contributed by atoms with E-state index >= 15 is 0 Å². The van der Waals surface area contributed by atoms with E-state index in [1.807, 2.05) is 47.2 Å². The van der Waals surface area contributed by atoms with Gasteiger partial charge in [-0.05, 0) is 43.3 Å². The van der Waals surface area contributed by atoms with E-state index in [2.05, 4.69) is 10.3 Å². The zero-order valence-corrected chi connectivity index (χ0v) is 17.2. The third-order valence-corrected chi connectivity index (χ3v) is 5.40. The molecule has 0 radical (unpaired) electrons. The Balaban J connectivity index is 1.51. The smallest absolute Gasteiger partial charge is 0.306 e. The zero-order valence-electron chi connectivity index (χ0n) is 16.4. The summed E-state index contributed by atoms with van der Waals surface area (Å²) in [7, 11) is 0. The summed E-state index contributed by atoms with van der Waals surface area (Å²) in [6, 6.07) is 10.8. The van der Waals surface area contributed by atoms with Crippen molar-refractivity contribution in [2.75, 3.05) is 11.9 Å². The van der Waals surface area contributed by atoms with Crippen molar-refractivity contribution in [3.05, 3.63) is 75.7 Å². The highest BCUT2D eigenvalue weighted by atomic mass is 32.1. The van der Waals surface area contributed by atoms with Gasteiger partial charge in [-0.25, -0.2) is 4.98 Å². The van der Waals surface area contributed by atoms with Crippen LogP contribution in [0.4, 0.5) is 15.8 Å². The van der Waals surface area contributed by atoms with Crippen molar-refractivity contribution in [1.82, 2.24) is 9.38 Å². The molecule has 10 heteroatoms. The molecule has 0 bridgehead atoms. The molecule has 0 aliphatic rings. The molecule has 8 nitrogen and oxygen atoms in total. The van der Waals surface area contributed by atoms with Crippen LogP contribution >= 0.6 is 11.3 Å². The number of amides is 1. The minimum atomic E-state index is -0.956. The number of hydrogen-bond donors (Lipinski definition) is 1. The fourth-order valence-electron chi connectivity index (χ4n) is 3.08. The maximum atomic E-state index is 13.5. The summed E-state index contributed by atoms with van der Waals surface area (Å²) in [6.07, 6.45) is 1.89. The number of ether oxygens (including phenoxy) is 1. The number of thiazole rings is 1. The van der Waals surface area contributed by atoms with Crippen molar-refractivity contribution in [2.24, 2.45) is 0 Å². The van der Waals surface area contributed by atoms with Crippen LogP contribution in [0.25, 0.3) is 16.2 Å². The quantitative estimate of drug-likeness (QED) is 0.332. The number of anilines is 1. The van der Waals surface area contributed by atoms with Gasteiger partial charge in [-0.15, -0.1) is 11.3 Å². The summed E-state index contributed by atoms with van der Waals surface area (Å²) in [5.74, 6) is -0.551. The fourth-order valence-corrected chi connectivity index (χ4v) is 3.96. The van der Waals surface area contributed by atoms with Crippen LogP contribution in [-0.4, -0.2) is 26.8 Å². The van der Waals surface area contributed by atoms with Crippen LogP contribution in [0, 0.1) is 15.9 Å². The molecule has 0 aliphatic carbocycles. The van der Waals surface area contributed by atoms with Crippen LogP contribution in [0.1, 0.15) is 12.6 Å². The number of carbonyl (C=O) groups is 1. The summed E-state index contributed by atoms with van der Waals surface area (Å²) in [5.41, 5.74) is 1.88. The fraction of sp³-hybridized carbons (Fsp3) is 0.143. The van der Waals surface area contributed by atoms with Gasteiger partial charge in [-0.2, -0.15) is 4.39 Å². The predicted octanol–water partition coefficient (Wildman–Crippen LogP) is 4.69. The Hall–Kier alpha value is -3.79. The Morgan fingerprint density at radius 3 is 2.77 bits per heavy atom. The minimum Gasteiger partial charge on any atom is -0.494 e. The maximum Gasteiger partial charge on any atom is 0.306 e. The molecule has 158 valence electrons. The third kappa shape index (κ3) is 4.38.